The molecule has 0 fully saturated rings. The highest BCUT2D eigenvalue weighted by Gasteiger charge is 2.22. The predicted molar refractivity (Wildman–Crippen MR) is 75.7 cm³/mol. The van der Waals surface area contributed by atoms with E-state index in [9.17, 15) is 19.8 Å². The number of hydrogen-bond donors (Lipinski definition) is 5. The molecule has 112 valence electrons. The monoisotopic (exact) mass is 302 g/mol. The van der Waals surface area contributed by atoms with Gasteiger partial charge in [0.25, 0.3) is 5.56 Å². The molecule has 0 unspecified atom stereocenters. The first-order valence-corrected chi connectivity index (χ1v) is 6.14. The van der Waals surface area contributed by atoms with E-state index in [1.807, 2.05) is 0 Å². The average Bonchev–Trinajstić information content (AvgIpc) is 2.85. The molecule has 0 bridgehead atoms. The number of ether oxygens (including phenoxy) is 1. The highest BCUT2D eigenvalue weighted by molar-refractivity contribution is 6.04. The molecule has 8 heteroatoms. The zero-order valence-electron chi connectivity index (χ0n) is 11.0. The van der Waals surface area contributed by atoms with Crippen LogP contribution in [-0.2, 0) is 0 Å². The number of carboxylic acid groups (broad SMARTS) is 1. The van der Waals surface area contributed by atoms with Gasteiger partial charge in [0, 0.05) is 6.07 Å². The molecule has 0 aliphatic heterocycles. The largest absolute Gasteiger partial charge is 0.504 e. The van der Waals surface area contributed by atoms with Gasteiger partial charge in [-0.25, -0.2) is 4.79 Å². The summed E-state index contributed by atoms with van der Waals surface area (Å²) in [5, 5.41) is 33.3. The molecule has 1 aromatic heterocycles. The van der Waals surface area contributed by atoms with Crippen LogP contribution in [0.25, 0.3) is 10.9 Å². The molecule has 0 aliphatic rings. The van der Waals surface area contributed by atoms with Crippen LogP contribution < -0.4 is 10.3 Å². The van der Waals surface area contributed by atoms with Crippen LogP contribution in [0, 0.1) is 0 Å². The van der Waals surface area contributed by atoms with E-state index in [1.54, 1.807) is 12.1 Å². The van der Waals surface area contributed by atoms with E-state index in [0.717, 1.165) is 6.07 Å². The van der Waals surface area contributed by atoms with E-state index < -0.39 is 17.3 Å². The van der Waals surface area contributed by atoms with Gasteiger partial charge < -0.3 is 20.1 Å². The van der Waals surface area contributed by atoms with Crippen molar-refractivity contribution < 1.29 is 24.9 Å². The van der Waals surface area contributed by atoms with Gasteiger partial charge >= 0.3 is 5.97 Å². The number of para-hydroxylation sites is 2. The summed E-state index contributed by atoms with van der Waals surface area (Å²) in [4.78, 5) is 23.0. The Morgan fingerprint density at radius 2 is 1.82 bits per heavy atom. The minimum Gasteiger partial charge on any atom is -0.504 e. The first-order valence-electron chi connectivity index (χ1n) is 6.14. The molecule has 8 nitrogen and oxygen atoms in total. The van der Waals surface area contributed by atoms with Crippen molar-refractivity contribution in [1.29, 1.82) is 0 Å². The molecule has 0 aliphatic carbocycles. The number of phenols is 2. The van der Waals surface area contributed by atoms with E-state index in [2.05, 4.69) is 10.2 Å². The standard InChI is InChI=1S/C14H10N2O6/c17-7-3-1-2-4-9(7)22-12-8(18)5-6(14(20)21)11-10(12)13(19)16-15-11/h1-5,17-18H,(H,20,21)(H2,15,16,19). The van der Waals surface area contributed by atoms with Crippen LogP contribution in [0.2, 0.25) is 0 Å². The van der Waals surface area contributed by atoms with Crippen molar-refractivity contribution in [2.24, 2.45) is 0 Å². The first kappa shape index (κ1) is 13.6. The fourth-order valence-electron chi connectivity index (χ4n) is 2.10. The number of aromatic amines is 2. The quantitative estimate of drug-likeness (QED) is 0.500. The van der Waals surface area contributed by atoms with E-state index in [-0.39, 0.29) is 33.7 Å². The fraction of sp³-hybridized carbons (Fsp3) is 0. The summed E-state index contributed by atoms with van der Waals surface area (Å²) < 4.78 is 5.39. The van der Waals surface area contributed by atoms with Crippen LogP contribution in [0.5, 0.6) is 23.0 Å². The number of H-pyrrole nitrogens is 2. The number of hydrogen-bond acceptors (Lipinski definition) is 5. The first-order chi connectivity index (χ1) is 10.5. The smallest absolute Gasteiger partial charge is 0.338 e. The Balaban J connectivity index is 2.27. The van der Waals surface area contributed by atoms with Gasteiger partial charge in [0.1, 0.15) is 5.39 Å². The molecule has 1 heterocycles. The Morgan fingerprint density at radius 3 is 2.50 bits per heavy atom. The van der Waals surface area contributed by atoms with Crippen molar-refractivity contribution in [3.05, 3.63) is 46.2 Å². The number of aromatic hydroxyl groups is 2. The molecule has 2 aromatic carbocycles. The normalized spacial score (nSPS) is 10.7. The third kappa shape index (κ3) is 2.03. The summed E-state index contributed by atoms with van der Waals surface area (Å²) in [6.45, 7) is 0. The minimum atomic E-state index is -1.32. The lowest BCUT2D eigenvalue weighted by Crippen LogP contribution is -2.02. The molecular formula is C14H10N2O6. The molecule has 0 saturated carbocycles. The van der Waals surface area contributed by atoms with Crippen molar-refractivity contribution in [3.8, 4) is 23.0 Å². The lowest BCUT2D eigenvalue weighted by Gasteiger charge is -2.10. The maximum Gasteiger partial charge on any atom is 0.338 e. The molecule has 0 saturated heterocycles. The Morgan fingerprint density at radius 1 is 1.09 bits per heavy atom. The molecule has 22 heavy (non-hydrogen) atoms. The number of nitrogens with one attached hydrogen (secondary N) is 2. The molecule has 0 atom stereocenters. The lowest BCUT2D eigenvalue weighted by atomic mass is 10.1. The zero-order valence-corrected chi connectivity index (χ0v) is 11.0. The molecule has 0 amide bonds. The third-order valence-corrected chi connectivity index (χ3v) is 3.10. The molecular weight excluding hydrogens is 292 g/mol. The second-order valence-electron chi connectivity index (χ2n) is 4.48. The van der Waals surface area contributed by atoms with Crippen LogP contribution >= 0.6 is 0 Å². The van der Waals surface area contributed by atoms with E-state index >= 15 is 0 Å². The molecule has 3 aromatic rings. The van der Waals surface area contributed by atoms with Gasteiger partial charge in [0.2, 0.25) is 0 Å². The van der Waals surface area contributed by atoms with Gasteiger partial charge in [-0.2, -0.15) is 0 Å². The SMILES string of the molecule is O=C(O)c1cc(O)c(Oc2ccccc2O)c2c(=O)[nH][nH]c12. The van der Waals surface area contributed by atoms with Gasteiger partial charge in [0.15, 0.2) is 23.0 Å². The Hall–Kier alpha value is -3.42. The minimum absolute atomic E-state index is 0.0132. The number of fused-ring (bicyclic) bond motifs is 1. The third-order valence-electron chi connectivity index (χ3n) is 3.10. The van der Waals surface area contributed by atoms with Crippen molar-refractivity contribution >= 4 is 16.9 Å². The Bertz CT molecular complexity index is 940. The summed E-state index contributed by atoms with van der Waals surface area (Å²) in [5.74, 6) is -2.26. The molecule has 0 spiro atoms. The number of aromatic nitrogens is 2. The van der Waals surface area contributed by atoms with E-state index in [0.29, 0.717) is 0 Å². The number of carbonyl (C=O) groups is 1. The van der Waals surface area contributed by atoms with Gasteiger partial charge in [-0.15, -0.1) is 0 Å². The van der Waals surface area contributed by atoms with E-state index in [1.165, 1.54) is 12.1 Å². The number of aromatic carboxylic acids is 1. The van der Waals surface area contributed by atoms with Crippen molar-refractivity contribution in [2.45, 2.75) is 0 Å². The highest BCUT2D eigenvalue weighted by Crippen LogP contribution is 2.40. The van der Waals surface area contributed by atoms with Crippen molar-refractivity contribution in [3.63, 3.8) is 0 Å². The maximum absolute atomic E-state index is 11.9. The number of rotatable bonds is 3. The predicted octanol–water partition coefficient (Wildman–Crippen LogP) is 1.76. The summed E-state index contributed by atoms with van der Waals surface area (Å²) >= 11 is 0. The van der Waals surface area contributed by atoms with Crippen molar-refractivity contribution in [2.75, 3.05) is 0 Å². The lowest BCUT2D eigenvalue weighted by molar-refractivity contribution is 0.0698. The number of carboxylic acids is 1. The molecule has 3 rings (SSSR count). The maximum atomic E-state index is 11.9. The molecule has 5 N–H and O–H groups in total. The highest BCUT2D eigenvalue weighted by atomic mass is 16.5. The summed E-state index contributed by atoms with van der Waals surface area (Å²) in [5.41, 5.74) is -0.949. The summed E-state index contributed by atoms with van der Waals surface area (Å²) in [6.07, 6.45) is 0. The second-order valence-corrected chi connectivity index (χ2v) is 4.48. The van der Waals surface area contributed by atoms with Crippen LogP contribution in [0.4, 0.5) is 0 Å². The summed E-state index contributed by atoms with van der Waals surface area (Å²) in [6, 6.07) is 6.94. The van der Waals surface area contributed by atoms with E-state index in [4.69, 9.17) is 9.84 Å². The van der Waals surface area contributed by atoms with Gasteiger partial charge in [0.05, 0.1) is 11.1 Å². The Labute approximate surface area is 122 Å². The number of benzene rings is 2. The van der Waals surface area contributed by atoms with Crippen LogP contribution in [-0.4, -0.2) is 31.5 Å². The van der Waals surface area contributed by atoms with Gasteiger partial charge in [-0.3, -0.25) is 15.0 Å². The second kappa shape index (κ2) is 4.85. The van der Waals surface area contributed by atoms with Gasteiger partial charge in [-0.05, 0) is 12.1 Å². The molecule has 0 radical (unpaired) electrons. The fourth-order valence-corrected chi connectivity index (χ4v) is 2.10. The van der Waals surface area contributed by atoms with Crippen molar-refractivity contribution in [1.82, 2.24) is 10.2 Å². The average molecular weight is 302 g/mol. The zero-order chi connectivity index (χ0) is 15.9. The number of phenolic OH excluding ortho intramolecular Hbond substituents is 2. The topological polar surface area (TPSA) is 136 Å². The van der Waals surface area contributed by atoms with Crippen LogP contribution in [0.15, 0.2) is 35.1 Å². The van der Waals surface area contributed by atoms with Gasteiger partial charge in [-0.1, -0.05) is 12.1 Å². The van der Waals surface area contributed by atoms with Crippen LogP contribution in [0.3, 0.4) is 0 Å². The Kier molecular flexibility index (Phi) is 2.99. The van der Waals surface area contributed by atoms with Crippen LogP contribution in [0.1, 0.15) is 10.4 Å². The summed E-state index contributed by atoms with van der Waals surface area (Å²) in [7, 11) is 0.